The van der Waals surface area contributed by atoms with E-state index in [1.165, 1.54) is 19.3 Å². The lowest BCUT2D eigenvalue weighted by Gasteiger charge is -2.15. The second-order valence-corrected chi connectivity index (χ2v) is 4.19. The molecule has 96 valence electrons. The van der Waals surface area contributed by atoms with Crippen LogP contribution in [-0.2, 0) is 9.53 Å². The van der Waals surface area contributed by atoms with E-state index < -0.39 is 12.1 Å². The molecule has 0 saturated heterocycles. The van der Waals surface area contributed by atoms with E-state index in [2.05, 4.69) is 6.92 Å². The predicted octanol–water partition coefficient (Wildman–Crippen LogP) is 1.60. The van der Waals surface area contributed by atoms with Crippen molar-refractivity contribution in [3.63, 3.8) is 0 Å². The number of esters is 1. The van der Waals surface area contributed by atoms with Crippen LogP contribution < -0.4 is 5.73 Å². The van der Waals surface area contributed by atoms with Gasteiger partial charge in [-0.15, -0.1) is 0 Å². The Morgan fingerprint density at radius 2 is 2.00 bits per heavy atom. The molecule has 0 aromatic heterocycles. The Labute approximate surface area is 98.2 Å². The number of ether oxygens (including phenoxy) is 1. The fourth-order valence-corrected chi connectivity index (χ4v) is 1.47. The molecule has 0 bridgehead atoms. The molecule has 0 spiro atoms. The molecule has 4 heteroatoms. The number of carbonyl (C=O) groups excluding carboxylic acids is 1. The minimum atomic E-state index is -1.07. The van der Waals surface area contributed by atoms with Crippen molar-refractivity contribution in [3.05, 3.63) is 0 Å². The summed E-state index contributed by atoms with van der Waals surface area (Å²) in [5.41, 5.74) is 5.24. The number of hydrogen-bond acceptors (Lipinski definition) is 4. The van der Waals surface area contributed by atoms with Gasteiger partial charge in [0.1, 0.15) is 0 Å². The minimum absolute atomic E-state index is 0.114. The summed E-state index contributed by atoms with van der Waals surface area (Å²) < 4.78 is 5.10. The fraction of sp³-hybridized carbons (Fsp3) is 0.917. The Bertz CT molecular complexity index is 185. The van der Waals surface area contributed by atoms with Crippen molar-refractivity contribution < 1.29 is 14.6 Å². The largest absolute Gasteiger partial charge is 0.461 e. The molecule has 0 aliphatic rings. The smallest absolute Gasteiger partial charge is 0.335 e. The molecular formula is C12H25NO3. The van der Waals surface area contributed by atoms with Crippen molar-refractivity contribution in [2.75, 3.05) is 6.54 Å². The van der Waals surface area contributed by atoms with E-state index in [1.807, 2.05) is 6.92 Å². The first-order valence-corrected chi connectivity index (χ1v) is 6.20. The maximum absolute atomic E-state index is 11.3. The highest BCUT2D eigenvalue weighted by molar-refractivity contribution is 5.74. The van der Waals surface area contributed by atoms with Gasteiger partial charge >= 0.3 is 5.97 Å². The Morgan fingerprint density at radius 1 is 1.31 bits per heavy atom. The van der Waals surface area contributed by atoms with E-state index in [9.17, 15) is 9.90 Å². The number of unbranched alkanes of at least 4 members (excludes halogenated alkanes) is 3. The Balaban J connectivity index is 3.61. The first-order valence-electron chi connectivity index (χ1n) is 6.20. The third kappa shape index (κ3) is 7.65. The summed E-state index contributed by atoms with van der Waals surface area (Å²) in [6, 6.07) is 0. The minimum Gasteiger partial charge on any atom is -0.461 e. The van der Waals surface area contributed by atoms with Gasteiger partial charge in [0.15, 0.2) is 6.10 Å². The van der Waals surface area contributed by atoms with Crippen molar-refractivity contribution in [2.45, 2.75) is 64.6 Å². The molecule has 0 aromatic carbocycles. The predicted molar refractivity (Wildman–Crippen MR) is 64.0 cm³/mol. The molecule has 3 N–H and O–H groups in total. The summed E-state index contributed by atoms with van der Waals surface area (Å²) in [6.07, 6.45) is 4.60. The zero-order valence-electron chi connectivity index (χ0n) is 10.4. The van der Waals surface area contributed by atoms with Gasteiger partial charge in [-0.05, 0) is 32.7 Å². The van der Waals surface area contributed by atoms with Crippen LogP contribution in [0.25, 0.3) is 0 Å². The lowest BCUT2D eigenvalue weighted by atomic mass is 10.1. The van der Waals surface area contributed by atoms with Gasteiger partial charge in [-0.25, -0.2) is 4.79 Å². The molecule has 0 aromatic rings. The van der Waals surface area contributed by atoms with E-state index in [1.54, 1.807) is 0 Å². The summed E-state index contributed by atoms with van der Waals surface area (Å²) in [4.78, 5) is 11.3. The third-order valence-corrected chi connectivity index (χ3v) is 2.49. The van der Waals surface area contributed by atoms with Crippen LogP contribution in [-0.4, -0.2) is 29.8 Å². The average molecular weight is 231 g/mol. The molecule has 1 unspecified atom stereocenters. The number of nitrogens with two attached hydrogens (primary N) is 1. The van der Waals surface area contributed by atoms with Crippen LogP contribution >= 0.6 is 0 Å². The molecule has 0 fully saturated rings. The Hall–Kier alpha value is -0.610. The topological polar surface area (TPSA) is 72.5 Å². The van der Waals surface area contributed by atoms with Crippen LogP contribution in [0, 0.1) is 0 Å². The van der Waals surface area contributed by atoms with E-state index in [0.29, 0.717) is 6.54 Å². The summed E-state index contributed by atoms with van der Waals surface area (Å²) in [5.74, 6) is -0.548. The molecular weight excluding hydrogens is 206 g/mol. The SMILES string of the molecule is CCCCCCC(C)OC(=O)[C@@H](O)CCN. The number of aliphatic hydroxyl groups excluding tert-OH is 1. The zero-order valence-corrected chi connectivity index (χ0v) is 10.4. The van der Waals surface area contributed by atoms with Gasteiger partial charge in [0, 0.05) is 0 Å². The van der Waals surface area contributed by atoms with Gasteiger partial charge in [-0.3, -0.25) is 0 Å². The molecule has 2 atom stereocenters. The first-order chi connectivity index (χ1) is 7.61. The van der Waals surface area contributed by atoms with Crippen LogP contribution in [0.5, 0.6) is 0 Å². The third-order valence-electron chi connectivity index (χ3n) is 2.49. The monoisotopic (exact) mass is 231 g/mol. The van der Waals surface area contributed by atoms with Crippen molar-refractivity contribution in [1.82, 2.24) is 0 Å². The number of hydrogen-bond donors (Lipinski definition) is 2. The molecule has 0 aliphatic heterocycles. The summed E-state index contributed by atoms with van der Waals surface area (Å²) in [7, 11) is 0. The molecule has 0 rings (SSSR count). The molecule has 0 amide bonds. The quantitative estimate of drug-likeness (QED) is 0.467. The van der Waals surface area contributed by atoms with Crippen molar-refractivity contribution >= 4 is 5.97 Å². The normalized spacial score (nSPS) is 14.5. The van der Waals surface area contributed by atoms with E-state index in [0.717, 1.165) is 12.8 Å². The Kier molecular flexibility index (Phi) is 9.24. The average Bonchev–Trinajstić information content (AvgIpc) is 2.24. The standard InChI is InChI=1S/C12H25NO3/c1-3-4-5-6-7-10(2)16-12(15)11(14)8-9-13/h10-11,14H,3-9,13H2,1-2H3/t10?,11-/m0/s1. The summed E-state index contributed by atoms with van der Waals surface area (Å²) >= 11 is 0. The van der Waals surface area contributed by atoms with Gasteiger partial charge in [0.05, 0.1) is 6.10 Å². The molecule has 0 aliphatic carbocycles. The highest BCUT2D eigenvalue weighted by Crippen LogP contribution is 2.09. The van der Waals surface area contributed by atoms with E-state index >= 15 is 0 Å². The maximum Gasteiger partial charge on any atom is 0.335 e. The molecule has 16 heavy (non-hydrogen) atoms. The number of aliphatic hydroxyl groups is 1. The zero-order chi connectivity index (χ0) is 12.4. The van der Waals surface area contributed by atoms with Crippen LogP contribution in [0.4, 0.5) is 0 Å². The second-order valence-electron chi connectivity index (χ2n) is 4.19. The van der Waals surface area contributed by atoms with E-state index in [4.69, 9.17) is 10.5 Å². The van der Waals surface area contributed by atoms with Crippen molar-refractivity contribution in [3.8, 4) is 0 Å². The highest BCUT2D eigenvalue weighted by atomic mass is 16.6. The molecule has 0 saturated carbocycles. The van der Waals surface area contributed by atoms with Gasteiger partial charge < -0.3 is 15.6 Å². The van der Waals surface area contributed by atoms with Crippen LogP contribution in [0.3, 0.4) is 0 Å². The highest BCUT2D eigenvalue weighted by Gasteiger charge is 2.17. The maximum atomic E-state index is 11.3. The van der Waals surface area contributed by atoms with E-state index in [-0.39, 0.29) is 12.5 Å². The summed E-state index contributed by atoms with van der Waals surface area (Å²) in [5, 5.41) is 9.32. The number of rotatable bonds is 9. The van der Waals surface area contributed by atoms with Gasteiger partial charge in [-0.1, -0.05) is 26.2 Å². The second kappa shape index (κ2) is 9.60. The Morgan fingerprint density at radius 3 is 2.56 bits per heavy atom. The number of carbonyl (C=O) groups is 1. The van der Waals surface area contributed by atoms with Gasteiger partial charge in [0.25, 0.3) is 0 Å². The lowest BCUT2D eigenvalue weighted by Crippen LogP contribution is -2.28. The van der Waals surface area contributed by atoms with Crippen molar-refractivity contribution in [2.24, 2.45) is 5.73 Å². The molecule has 0 radical (unpaired) electrons. The molecule has 4 nitrogen and oxygen atoms in total. The van der Waals surface area contributed by atoms with Crippen molar-refractivity contribution in [1.29, 1.82) is 0 Å². The van der Waals surface area contributed by atoms with Crippen LogP contribution in [0.2, 0.25) is 0 Å². The first kappa shape index (κ1) is 15.4. The summed E-state index contributed by atoms with van der Waals surface area (Å²) in [6.45, 7) is 4.31. The van der Waals surface area contributed by atoms with Gasteiger partial charge in [0.2, 0.25) is 0 Å². The van der Waals surface area contributed by atoms with Crippen LogP contribution in [0.15, 0.2) is 0 Å². The lowest BCUT2D eigenvalue weighted by molar-refractivity contribution is -0.158. The fourth-order valence-electron chi connectivity index (χ4n) is 1.47. The molecule has 0 heterocycles. The van der Waals surface area contributed by atoms with Gasteiger partial charge in [-0.2, -0.15) is 0 Å². The van der Waals surface area contributed by atoms with Crippen LogP contribution in [0.1, 0.15) is 52.4 Å².